The van der Waals surface area contributed by atoms with E-state index in [9.17, 15) is 4.79 Å². The average molecular weight is 383 g/mol. The van der Waals surface area contributed by atoms with E-state index in [1.807, 2.05) is 60.5 Å². The van der Waals surface area contributed by atoms with E-state index >= 15 is 0 Å². The van der Waals surface area contributed by atoms with Crippen molar-refractivity contribution in [2.75, 3.05) is 6.54 Å². The summed E-state index contributed by atoms with van der Waals surface area (Å²) in [5, 5.41) is 6.12. The van der Waals surface area contributed by atoms with E-state index in [1.54, 1.807) is 11.3 Å². The zero-order valence-corrected chi connectivity index (χ0v) is 16.1. The number of amides is 1. The number of hydrogen-bond acceptors (Lipinski definition) is 6. The summed E-state index contributed by atoms with van der Waals surface area (Å²) in [5.41, 5.74) is 0.862. The molecule has 1 aliphatic heterocycles. The Bertz CT molecular complexity index is 903. The largest absolute Gasteiger partial charge is 0.491 e. The summed E-state index contributed by atoms with van der Waals surface area (Å²) in [5.74, 6) is 1.94. The minimum atomic E-state index is -0.0535. The molecule has 2 aromatic heterocycles. The van der Waals surface area contributed by atoms with Gasteiger partial charge >= 0.3 is 0 Å². The molecule has 7 heteroatoms. The number of rotatable bonds is 6. The average Bonchev–Trinajstić information content (AvgIpc) is 3.38. The van der Waals surface area contributed by atoms with Gasteiger partial charge in [-0.25, -0.2) is 0 Å². The molecule has 3 aromatic rings. The Balaban J connectivity index is 1.44. The SMILES string of the molecule is CC(C)Oc1ccc(-c2noc(C3CC(=O)N(Cc4cccs4)C3)n2)cc1. The Labute approximate surface area is 161 Å². The van der Waals surface area contributed by atoms with E-state index in [0.717, 1.165) is 11.3 Å². The molecule has 6 nitrogen and oxygen atoms in total. The van der Waals surface area contributed by atoms with Crippen LogP contribution in [0.3, 0.4) is 0 Å². The molecule has 4 rings (SSSR count). The molecule has 0 radical (unpaired) electrons. The van der Waals surface area contributed by atoms with E-state index in [1.165, 1.54) is 4.88 Å². The summed E-state index contributed by atoms with van der Waals surface area (Å²) in [6.45, 7) is 5.23. The van der Waals surface area contributed by atoms with Crippen LogP contribution in [0.25, 0.3) is 11.4 Å². The second-order valence-electron chi connectivity index (χ2n) is 6.90. The lowest BCUT2D eigenvalue weighted by atomic mass is 10.1. The number of nitrogens with zero attached hydrogens (tertiary/aromatic N) is 3. The predicted molar refractivity (Wildman–Crippen MR) is 103 cm³/mol. The third-order valence-corrected chi connectivity index (χ3v) is 5.28. The number of benzene rings is 1. The zero-order valence-electron chi connectivity index (χ0n) is 15.3. The van der Waals surface area contributed by atoms with Gasteiger partial charge in [-0.05, 0) is 49.6 Å². The monoisotopic (exact) mass is 383 g/mol. The van der Waals surface area contributed by atoms with Gasteiger partial charge in [-0.2, -0.15) is 4.98 Å². The van der Waals surface area contributed by atoms with Gasteiger partial charge in [0.15, 0.2) is 0 Å². The summed E-state index contributed by atoms with van der Waals surface area (Å²) in [4.78, 5) is 19.9. The van der Waals surface area contributed by atoms with Gasteiger partial charge in [0.1, 0.15) is 5.75 Å². The van der Waals surface area contributed by atoms with E-state index in [2.05, 4.69) is 10.1 Å². The summed E-state index contributed by atoms with van der Waals surface area (Å²) in [6.07, 6.45) is 0.540. The second-order valence-corrected chi connectivity index (χ2v) is 7.93. The molecule has 0 N–H and O–H groups in total. The number of carbonyl (C=O) groups excluding carboxylic acids is 1. The third-order valence-electron chi connectivity index (χ3n) is 4.42. The Morgan fingerprint density at radius 3 is 2.81 bits per heavy atom. The van der Waals surface area contributed by atoms with Crippen LogP contribution >= 0.6 is 11.3 Å². The van der Waals surface area contributed by atoms with Crippen molar-refractivity contribution >= 4 is 17.2 Å². The first-order chi connectivity index (χ1) is 13.1. The van der Waals surface area contributed by atoms with Crippen LogP contribution in [-0.2, 0) is 11.3 Å². The first-order valence-electron chi connectivity index (χ1n) is 8.99. The second kappa shape index (κ2) is 7.52. The van der Waals surface area contributed by atoms with Crippen LogP contribution in [0.4, 0.5) is 0 Å². The Kier molecular flexibility index (Phi) is 4.94. The highest BCUT2D eigenvalue weighted by atomic mass is 32.1. The molecule has 140 valence electrons. The standard InChI is InChI=1S/C20H21N3O3S/c1-13(2)25-16-7-5-14(6-8-16)19-21-20(26-22-19)15-10-18(24)23(11-15)12-17-4-3-9-27-17/h3-9,13,15H,10-12H2,1-2H3. The maximum Gasteiger partial charge on any atom is 0.232 e. The van der Waals surface area contributed by atoms with Crippen LogP contribution in [0, 0.1) is 0 Å². The van der Waals surface area contributed by atoms with Crippen LogP contribution in [-0.4, -0.2) is 33.6 Å². The molecule has 3 heterocycles. The van der Waals surface area contributed by atoms with Gasteiger partial charge < -0.3 is 14.2 Å². The fraction of sp³-hybridized carbons (Fsp3) is 0.350. The molecule has 1 aromatic carbocycles. The quantitative estimate of drug-likeness (QED) is 0.641. The summed E-state index contributed by atoms with van der Waals surface area (Å²) < 4.78 is 11.1. The van der Waals surface area contributed by atoms with Gasteiger partial charge in [-0.15, -0.1) is 11.3 Å². The van der Waals surface area contributed by atoms with Crippen molar-refractivity contribution in [2.24, 2.45) is 0 Å². The summed E-state index contributed by atoms with van der Waals surface area (Å²) in [6, 6.07) is 11.7. The molecule has 1 aliphatic rings. The molecule has 1 amide bonds. The van der Waals surface area contributed by atoms with Crippen LogP contribution in [0.15, 0.2) is 46.3 Å². The van der Waals surface area contributed by atoms with E-state index < -0.39 is 0 Å². The molecule has 0 bridgehead atoms. The van der Waals surface area contributed by atoms with Crippen molar-refractivity contribution in [2.45, 2.75) is 38.8 Å². The number of thiophene rings is 1. The van der Waals surface area contributed by atoms with Crippen LogP contribution in [0.5, 0.6) is 5.75 Å². The van der Waals surface area contributed by atoms with Gasteiger partial charge in [0.25, 0.3) is 0 Å². The normalized spacial score (nSPS) is 17.1. The Morgan fingerprint density at radius 2 is 2.11 bits per heavy atom. The first-order valence-corrected chi connectivity index (χ1v) is 9.87. The smallest absolute Gasteiger partial charge is 0.232 e. The van der Waals surface area contributed by atoms with E-state index in [4.69, 9.17) is 9.26 Å². The topological polar surface area (TPSA) is 68.5 Å². The minimum absolute atomic E-state index is 0.0535. The minimum Gasteiger partial charge on any atom is -0.491 e. The molecular weight excluding hydrogens is 362 g/mol. The molecule has 1 fully saturated rings. The van der Waals surface area contributed by atoms with Crippen molar-refractivity contribution in [3.05, 3.63) is 52.5 Å². The highest BCUT2D eigenvalue weighted by Gasteiger charge is 2.34. The number of ether oxygens (including phenoxy) is 1. The summed E-state index contributed by atoms with van der Waals surface area (Å²) >= 11 is 1.66. The van der Waals surface area contributed by atoms with E-state index in [0.29, 0.717) is 31.2 Å². The predicted octanol–water partition coefficient (Wildman–Crippen LogP) is 4.10. The molecular formula is C20H21N3O3S. The van der Waals surface area contributed by atoms with Gasteiger partial charge in [0.2, 0.25) is 17.6 Å². The molecule has 0 saturated carbocycles. The third kappa shape index (κ3) is 4.03. The lowest BCUT2D eigenvalue weighted by molar-refractivity contribution is -0.128. The van der Waals surface area contributed by atoms with Crippen molar-refractivity contribution in [3.8, 4) is 17.1 Å². The Morgan fingerprint density at radius 1 is 1.30 bits per heavy atom. The lowest BCUT2D eigenvalue weighted by Gasteiger charge is -2.14. The highest BCUT2D eigenvalue weighted by molar-refractivity contribution is 7.09. The molecule has 27 heavy (non-hydrogen) atoms. The van der Waals surface area contributed by atoms with Gasteiger partial charge in [-0.1, -0.05) is 11.2 Å². The highest BCUT2D eigenvalue weighted by Crippen LogP contribution is 2.30. The summed E-state index contributed by atoms with van der Waals surface area (Å²) in [7, 11) is 0. The van der Waals surface area contributed by atoms with Gasteiger partial charge in [0, 0.05) is 23.4 Å². The van der Waals surface area contributed by atoms with Crippen molar-refractivity contribution in [1.29, 1.82) is 0 Å². The molecule has 1 unspecified atom stereocenters. The van der Waals surface area contributed by atoms with Crippen molar-refractivity contribution < 1.29 is 14.1 Å². The Hall–Kier alpha value is -2.67. The number of carbonyl (C=O) groups is 1. The zero-order chi connectivity index (χ0) is 18.8. The maximum absolute atomic E-state index is 12.3. The molecule has 0 aliphatic carbocycles. The fourth-order valence-corrected chi connectivity index (χ4v) is 3.87. The fourth-order valence-electron chi connectivity index (χ4n) is 3.15. The number of hydrogen-bond donors (Lipinski definition) is 0. The van der Waals surface area contributed by atoms with Crippen LogP contribution in [0.1, 0.15) is 37.0 Å². The van der Waals surface area contributed by atoms with Crippen molar-refractivity contribution in [1.82, 2.24) is 15.0 Å². The van der Waals surface area contributed by atoms with E-state index in [-0.39, 0.29) is 17.9 Å². The van der Waals surface area contributed by atoms with Gasteiger partial charge in [-0.3, -0.25) is 4.79 Å². The maximum atomic E-state index is 12.3. The molecule has 0 spiro atoms. The number of likely N-dealkylation sites (tertiary alicyclic amines) is 1. The lowest BCUT2D eigenvalue weighted by Crippen LogP contribution is -2.23. The van der Waals surface area contributed by atoms with Crippen LogP contribution in [0.2, 0.25) is 0 Å². The van der Waals surface area contributed by atoms with Crippen molar-refractivity contribution in [3.63, 3.8) is 0 Å². The number of aromatic nitrogens is 2. The molecule has 1 saturated heterocycles. The molecule has 1 atom stereocenters. The van der Waals surface area contributed by atoms with Gasteiger partial charge in [0.05, 0.1) is 18.6 Å². The first kappa shape index (κ1) is 17.7. The van der Waals surface area contributed by atoms with Crippen LogP contribution < -0.4 is 4.74 Å².